The van der Waals surface area contributed by atoms with Gasteiger partial charge in [-0.3, -0.25) is 0 Å². The van der Waals surface area contributed by atoms with Gasteiger partial charge in [0.05, 0.1) is 5.69 Å². The smallest absolute Gasteiger partial charge is 0.328 e. The molecule has 2 amide bonds. The van der Waals surface area contributed by atoms with Crippen LogP contribution in [0.25, 0.3) is 0 Å². The van der Waals surface area contributed by atoms with E-state index in [0.717, 1.165) is 11.3 Å². The van der Waals surface area contributed by atoms with Crippen LogP contribution in [-0.4, -0.2) is 26.7 Å². The normalized spacial score (nSPS) is 10.9. The standard InChI is InChI=1S/C18H24N4O3S2.ClH/c1-13(2)19-18(23)21-27(24,25)17-11-22(12-26-4)9-8-16(17)20-15-7-5-6-14(3)10-15;/h5-11,13H,12H2,1-4H3,(H2,19,21,23);1H. The first-order valence-corrected chi connectivity index (χ1v) is 11.3. The van der Waals surface area contributed by atoms with Gasteiger partial charge < -0.3 is 23.0 Å². The fourth-order valence-corrected chi connectivity index (χ4v) is 3.96. The predicted octanol–water partition coefficient (Wildman–Crippen LogP) is -0.253. The predicted molar refractivity (Wildman–Crippen MR) is 109 cm³/mol. The molecule has 2 rings (SSSR count). The fourth-order valence-electron chi connectivity index (χ4n) is 2.41. The minimum Gasteiger partial charge on any atom is -1.00 e. The molecule has 0 saturated heterocycles. The molecule has 0 fully saturated rings. The van der Waals surface area contributed by atoms with E-state index < -0.39 is 16.1 Å². The van der Waals surface area contributed by atoms with Gasteiger partial charge in [-0.05, 0) is 44.7 Å². The van der Waals surface area contributed by atoms with Crippen LogP contribution in [0.4, 0.5) is 16.2 Å². The van der Waals surface area contributed by atoms with Crippen molar-refractivity contribution in [1.82, 2.24) is 10.0 Å². The number of carbonyl (C=O) groups is 1. The van der Waals surface area contributed by atoms with Crippen molar-refractivity contribution < 1.29 is 30.2 Å². The Bertz CT molecular complexity index is 921. The molecule has 1 heterocycles. The quantitative estimate of drug-likeness (QED) is 0.512. The van der Waals surface area contributed by atoms with Crippen molar-refractivity contribution in [3.63, 3.8) is 0 Å². The summed E-state index contributed by atoms with van der Waals surface area (Å²) in [5, 5.41) is 5.66. The number of benzene rings is 1. The number of nitrogens with zero attached hydrogens (tertiary/aromatic N) is 1. The Labute approximate surface area is 176 Å². The van der Waals surface area contributed by atoms with Crippen LogP contribution >= 0.6 is 11.8 Å². The molecule has 1 aromatic carbocycles. The van der Waals surface area contributed by atoms with Gasteiger partial charge in [-0.25, -0.2) is 17.9 Å². The van der Waals surface area contributed by atoms with Crippen molar-refractivity contribution >= 4 is 39.2 Å². The lowest BCUT2D eigenvalue weighted by Crippen LogP contribution is -3.00. The number of halogens is 1. The van der Waals surface area contributed by atoms with Crippen molar-refractivity contribution in [2.24, 2.45) is 0 Å². The minimum absolute atomic E-state index is 0. The average molecular weight is 445 g/mol. The lowest BCUT2D eigenvalue weighted by atomic mass is 10.2. The van der Waals surface area contributed by atoms with E-state index in [9.17, 15) is 13.2 Å². The van der Waals surface area contributed by atoms with Gasteiger partial charge in [-0.15, -0.1) is 0 Å². The van der Waals surface area contributed by atoms with E-state index in [1.807, 2.05) is 37.4 Å². The summed E-state index contributed by atoms with van der Waals surface area (Å²) in [5.74, 6) is 0.589. The van der Waals surface area contributed by atoms with E-state index in [-0.39, 0.29) is 23.3 Å². The molecular formula is C18H25ClN4O3S2. The molecule has 10 heteroatoms. The van der Waals surface area contributed by atoms with Crippen molar-refractivity contribution in [2.75, 3.05) is 11.6 Å². The third-order valence-electron chi connectivity index (χ3n) is 3.49. The second kappa shape index (κ2) is 10.5. The van der Waals surface area contributed by atoms with Crippen LogP contribution < -0.4 is 32.3 Å². The third kappa shape index (κ3) is 6.88. The highest BCUT2D eigenvalue weighted by molar-refractivity contribution is 7.97. The Hall–Kier alpha value is -1.97. The lowest BCUT2D eigenvalue weighted by molar-refractivity contribution is -0.677. The number of aryl methyl sites for hydroxylation is 1. The molecule has 0 bridgehead atoms. The second-order valence-corrected chi connectivity index (χ2v) is 8.87. The number of nitrogens with one attached hydrogen (secondary N) is 3. The molecule has 0 unspecified atom stereocenters. The summed E-state index contributed by atoms with van der Waals surface area (Å²) < 4.78 is 29.5. The molecule has 0 radical (unpaired) electrons. The summed E-state index contributed by atoms with van der Waals surface area (Å²) in [4.78, 5) is 11.9. The van der Waals surface area contributed by atoms with Crippen molar-refractivity contribution in [1.29, 1.82) is 0 Å². The van der Waals surface area contributed by atoms with Gasteiger partial charge in [0, 0.05) is 17.8 Å². The number of thioether (sulfide) groups is 1. The van der Waals surface area contributed by atoms with Crippen LogP contribution in [0.2, 0.25) is 0 Å². The number of amides is 2. The summed E-state index contributed by atoms with van der Waals surface area (Å²) >= 11 is 1.56. The van der Waals surface area contributed by atoms with E-state index in [0.29, 0.717) is 11.6 Å². The van der Waals surface area contributed by atoms with E-state index >= 15 is 0 Å². The van der Waals surface area contributed by atoms with E-state index in [1.165, 1.54) is 6.20 Å². The van der Waals surface area contributed by atoms with Gasteiger partial charge in [-0.2, -0.15) is 4.57 Å². The average Bonchev–Trinajstić information content (AvgIpc) is 2.55. The summed E-state index contributed by atoms with van der Waals surface area (Å²) in [6.45, 7) is 5.47. The van der Waals surface area contributed by atoms with Gasteiger partial charge >= 0.3 is 6.03 Å². The Kier molecular flexibility index (Phi) is 9.06. The van der Waals surface area contributed by atoms with Crippen LogP contribution in [0.3, 0.4) is 0 Å². The number of sulfonamides is 1. The zero-order valence-electron chi connectivity index (χ0n) is 16.2. The zero-order valence-corrected chi connectivity index (χ0v) is 18.6. The molecular weight excluding hydrogens is 420 g/mol. The largest absolute Gasteiger partial charge is 1.00 e. The number of rotatable bonds is 7. The maximum Gasteiger partial charge on any atom is 0.328 e. The lowest BCUT2D eigenvalue weighted by Gasteiger charge is -2.14. The van der Waals surface area contributed by atoms with Gasteiger partial charge in [0.15, 0.2) is 23.2 Å². The summed E-state index contributed by atoms with van der Waals surface area (Å²) in [6, 6.07) is 8.36. The van der Waals surface area contributed by atoms with E-state index in [4.69, 9.17) is 0 Å². The first-order chi connectivity index (χ1) is 12.7. The van der Waals surface area contributed by atoms with Gasteiger partial charge in [0.2, 0.25) is 0 Å². The van der Waals surface area contributed by atoms with E-state index in [1.54, 1.807) is 42.4 Å². The first kappa shape index (κ1) is 24.1. The minimum atomic E-state index is -4.06. The SMILES string of the molecule is CSC[n+]1ccc(Nc2cccc(C)c2)c(S(=O)(=O)NC(=O)NC(C)C)c1.[Cl-]. The number of aromatic nitrogens is 1. The highest BCUT2D eigenvalue weighted by Crippen LogP contribution is 2.24. The third-order valence-corrected chi connectivity index (χ3v) is 5.41. The van der Waals surface area contributed by atoms with Crippen molar-refractivity contribution in [3.05, 3.63) is 48.3 Å². The number of carbonyl (C=O) groups excluding carboxylic acids is 1. The topological polar surface area (TPSA) is 91.2 Å². The monoisotopic (exact) mass is 444 g/mol. The molecule has 7 nitrogen and oxygen atoms in total. The number of anilines is 2. The van der Waals surface area contributed by atoms with Gasteiger partial charge in [0.1, 0.15) is 0 Å². The van der Waals surface area contributed by atoms with Crippen LogP contribution in [0.15, 0.2) is 47.6 Å². The highest BCUT2D eigenvalue weighted by atomic mass is 35.5. The molecule has 1 aromatic heterocycles. The summed E-state index contributed by atoms with van der Waals surface area (Å²) in [6.07, 6.45) is 5.23. The maximum atomic E-state index is 12.8. The Morgan fingerprint density at radius 1 is 1.25 bits per heavy atom. The number of urea groups is 1. The Balaban J connectivity index is 0.00000392. The Morgan fingerprint density at radius 2 is 1.96 bits per heavy atom. The zero-order chi connectivity index (χ0) is 20.0. The van der Waals surface area contributed by atoms with Crippen molar-refractivity contribution in [3.8, 4) is 0 Å². The van der Waals surface area contributed by atoms with Crippen LogP contribution in [-0.2, 0) is 15.9 Å². The molecule has 2 aromatic rings. The molecule has 28 heavy (non-hydrogen) atoms. The van der Waals surface area contributed by atoms with Gasteiger partial charge in [0.25, 0.3) is 10.0 Å². The Morgan fingerprint density at radius 3 is 2.57 bits per heavy atom. The molecule has 0 aliphatic heterocycles. The number of hydrogen-bond donors (Lipinski definition) is 3. The van der Waals surface area contributed by atoms with E-state index in [2.05, 4.69) is 15.4 Å². The molecule has 0 aliphatic carbocycles. The molecule has 0 atom stereocenters. The summed E-state index contributed by atoms with van der Waals surface area (Å²) in [5.41, 5.74) is 2.20. The second-order valence-electron chi connectivity index (χ2n) is 6.38. The maximum absolute atomic E-state index is 12.8. The number of pyridine rings is 1. The molecule has 0 spiro atoms. The number of hydrogen-bond acceptors (Lipinski definition) is 5. The first-order valence-electron chi connectivity index (χ1n) is 8.40. The van der Waals surface area contributed by atoms with Gasteiger partial charge in [-0.1, -0.05) is 23.9 Å². The molecule has 0 aliphatic rings. The molecule has 154 valence electrons. The van der Waals surface area contributed by atoms with Crippen LogP contribution in [0.1, 0.15) is 19.4 Å². The fraction of sp³-hybridized carbons (Fsp3) is 0.333. The molecule has 0 saturated carbocycles. The van der Waals surface area contributed by atoms with Crippen LogP contribution in [0.5, 0.6) is 0 Å². The van der Waals surface area contributed by atoms with Crippen LogP contribution in [0, 0.1) is 6.92 Å². The molecule has 3 N–H and O–H groups in total. The van der Waals surface area contributed by atoms with Crippen molar-refractivity contribution in [2.45, 2.75) is 37.6 Å². The highest BCUT2D eigenvalue weighted by Gasteiger charge is 2.25. The summed E-state index contributed by atoms with van der Waals surface area (Å²) in [7, 11) is -4.06.